The Kier molecular flexibility index (Phi) is 4.99. The molecule has 8 heteroatoms. The van der Waals surface area contributed by atoms with E-state index in [1.165, 1.54) is 9.80 Å². The minimum Gasteiger partial charge on any atom is -0.426 e. The highest BCUT2D eigenvalue weighted by molar-refractivity contribution is 6.31. The summed E-state index contributed by atoms with van der Waals surface area (Å²) in [5, 5.41) is 0.516. The van der Waals surface area contributed by atoms with Gasteiger partial charge in [-0.1, -0.05) is 17.7 Å². The van der Waals surface area contributed by atoms with Gasteiger partial charge in [0, 0.05) is 23.7 Å². The Morgan fingerprint density at radius 3 is 2.24 bits per heavy atom. The zero-order chi connectivity index (χ0) is 23.6. The average Bonchev–Trinajstić information content (AvgIpc) is 3.58. The maximum Gasteiger partial charge on any atom is 0.316 e. The Hall–Kier alpha value is -3.19. The van der Waals surface area contributed by atoms with E-state index in [2.05, 4.69) is 0 Å². The fourth-order valence-electron chi connectivity index (χ4n) is 6.28. The second-order valence-corrected chi connectivity index (χ2v) is 10.1. The van der Waals surface area contributed by atoms with Crippen LogP contribution in [-0.2, 0) is 19.2 Å². The highest BCUT2D eigenvalue weighted by atomic mass is 35.5. The number of benzene rings is 2. The molecule has 2 saturated carbocycles. The number of carbonyl (C=O) groups excluding carboxylic acids is 4. The molecule has 4 fully saturated rings. The molecule has 0 N–H and O–H groups in total. The number of halogens is 1. The Morgan fingerprint density at radius 1 is 0.912 bits per heavy atom. The molecule has 174 valence electrons. The van der Waals surface area contributed by atoms with Crippen LogP contribution in [0.5, 0.6) is 5.75 Å². The van der Waals surface area contributed by atoms with Crippen LogP contribution in [0.1, 0.15) is 25.7 Å². The Labute approximate surface area is 201 Å². The summed E-state index contributed by atoms with van der Waals surface area (Å²) in [4.78, 5) is 54.0. The Bertz CT molecular complexity index is 1180. The van der Waals surface area contributed by atoms with Gasteiger partial charge < -0.3 is 9.64 Å². The molecule has 2 aromatic rings. The van der Waals surface area contributed by atoms with Crippen molar-refractivity contribution in [2.45, 2.75) is 25.7 Å². The highest BCUT2D eigenvalue weighted by Crippen LogP contribution is 2.56. The summed E-state index contributed by atoms with van der Waals surface area (Å²) in [6.07, 6.45) is 3.12. The molecule has 0 spiro atoms. The maximum atomic E-state index is 13.0. The van der Waals surface area contributed by atoms with E-state index in [1.54, 1.807) is 48.5 Å². The molecule has 34 heavy (non-hydrogen) atoms. The summed E-state index contributed by atoms with van der Waals surface area (Å²) < 4.78 is 5.51. The van der Waals surface area contributed by atoms with Gasteiger partial charge in [-0.05, 0) is 73.6 Å². The van der Waals surface area contributed by atoms with E-state index < -0.39 is 11.9 Å². The third-order valence-corrected chi connectivity index (χ3v) is 8.05. The van der Waals surface area contributed by atoms with Gasteiger partial charge in [0.15, 0.2) is 0 Å². The molecule has 2 aliphatic carbocycles. The highest BCUT2D eigenvalue weighted by Gasteiger charge is 2.61. The second-order valence-electron chi connectivity index (χ2n) is 9.70. The molecule has 2 saturated heterocycles. The number of hydrogen-bond acceptors (Lipinski definition) is 5. The van der Waals surface area contributed by atoms with E-state index in [-0.39, 0.29) is 42.5 Å². The van der Waals surface area contributed by atoms with E-state index in [0.717, 1.165) is 19.3 Å². The van der Waals surface area contributed by atoms with Gasteiger partial charge in [-0.2, -0.15) is 0 Å². The van der Waals surface area contributed by atoms with Crippen LogP contribution in [0.2, 0.25) is 5.02 Å². The number of rotatable bonds is 4. The van der Waals surface area contributed by atoms with E-state index in [9.17, 15) is 19.2 Å². The first-order chi connectivity index (χ1) is 16.4. The number of ether oxygens (including phenoxy) is 1. The number of esters is 1. The molecular weight excluding hydrogens is 456 g/mol. The Balaban J connectivity index is 1.12. The van der Waals surface area contributed by atoms with Crippen molar-refractivity contribution in [3.05, 3.63) is 53.6 Å². The molecule has 4 aliphatic rings. The average molecular weight is 479 g/mol. The second kappa shape index (κ2) is 7.94. The molecule has 2 heterocycles. The van der Waals surface area contributed by atoms with Gasteiger partial charge in [-0.25, -0.2) is 0 Å². The minimum atomic E-state index is -0.595. The predicted molar refractivity (Wildman–Crippen MR) is 124 cm³/mol. The molecule has 6 rings (SSSR count). The molecule has 0 radical (unpaired) electrons. The molecule has 5 atom stereocenters. The van der Waals surface area contributed by atoms with Crippen molar-refractivity contribution in [3.63, 3.8) is 0 Å². The van der Waals surface area contributed by atoms with E-state index in [1.807, 2.05) is 0 Å². The SMILES string of the molecule is O=C(Oc1ccc(N2C(=O)[C@@H]3[C@H]4CC[C@@H](C4)[C@@H]3C2=O)cc1)[C@H]1CC(=O)N(c2cccc(Cl)c2)C1. The van der Waals surface area contributed by atoms with E-state index in [4.69, 9.17) is 16.3 Å². The van der Waals surface area contributed by atoms with Crippen molar-refractivity contribution in [2.24, 2.45) is 29.6 Å². The van der Waals surface area contributed by atoms with Crippen LogP contribution < -0.4 is 14.5 Å². The van der Waals surface area contributed by atoms with Crippen molar-refractivity contribution in [1.82, 2.24) is 0 Å². The number of amides is 3. The quantitative estimate of drug-likeness (QED) is 0.379. The van der Waals surface area contributed by atoms with Crippen molar-refractivity contribution in [1.29, 1.82) is 0 Å². The van der Waals surface area contributed by atoms with Gasteiger partial charge >= 0.3 is 5.97 Å². The largest absolute Gasteiger partial charge is 0.426 e. The van der Waals surface area contributed by atoms with E-state index in [0.29, 0.717) is 34.0 Å². The van der Waals surface area contributed by atoms with Crippen LogP contribution in [0.4, 0.5) is 11.4 Å². The first-order valence-electron chi connectivity index (χ1n) is 11.7. The van der Waals surface area contributed by atoms with Crippen molar-refractivity contribution < 1.29 is 23.9 Å². The first-order valence-corrected chi connectivity index (χ1v) is 12.0. The van der Waals surface area contributed by atoms with Crippen LogP contribution in [0.25, 0.3) is 0 Å². The molecule has 3 amide bonds. The van der Waals surface area contributed by atoms with Crippen molar-refractivity contribution in [2.75, 3.05) is 16.3 Å². The van der Waals surface area contributed by atoms with Gasteiger partial charge in [0.1, 0.15) is 5.75 Å². The van der Waals surface area contributed by atoms with Crippen LogP contribution in [-0.4, -0.2) is 30.2 Å². The molecule has 2 bridgehead atoms. The summed E-state index contributed by atoms with van der Waals surface area (Å²) in [6, 6.07) is 13.4. The number of hydrogen-bond donors (Lipinski definition) is 0. The van der Waals surface area contributed by atoms with Crippen LogP contribution in [0.15, 0.2) is 48.5 Å². The summed E-state index contributed by atoms with van der Waals surface area (Å²) in [6.45, 7) is 0.220. The molecule has 0 unspecified atom stereocenters. The predicted octanol–water partition coefficient (Wildman–Crippen LogP) is 3.83. The number of anilines is 2. The molecule has 7 nitrogen and oxygen atoms in total. The van der Waals surface area contributed by atoms with Crippen LogP contribution in [0, 0.1) is 29.6 Å². The zero-order valence-electron chi connectivity index (χ0n) is 18.4. The lowest BCUT2D eigenvalue weighted by Crippen LogP contribution is -2.32. The number of fused-ring (bicyclic) bond motifs is 5. The summed E-state index contributed by atoms with van der Waals surface area (Å²) in [5.74, 6) is -0.832. The van der Waals surface area contributed by atoms with Crippen LogP contribution >= 0.6 is 11.6 Å². The van der Waals surface area contributed by atoms with Crippen molar-refractivity contribution in [3.8, 4) is 5.75 Å². The van der Waals surface area contributed by atoms with Crippen LogP contribution in [0.3, 0.4) is 0 Å². The zero-order valence-corrected chi connectivity index (χ0v) is 19.1. The normalized spacial score (nSPS) is 29.8. The monoisotopic (exact) mass is 478 g/mol. The lowest BCUT2D eigenvalue weighted by Gasteiger charge is -2.19. The third kappa shape index (κ3) is 3.33. The summed E-state index contributed by atoms with van der Waals surface area (Å²) in [5.41, 5.74) is 1.15. The standard InChI is InChI=1S/C26H23ClN2O5/c27-17-2-1-3-19(12-17)28-13-16(11-21(28)30)26(33)34-20-8-6-18(7-9-20)29-24(31)22-14-4-5-15(10-14)23(22)25(29)32/h1-3,6-9,12,14-16,22-23H,4-5,10-11,13H2/t14-,15-,16-,22-,23+/m0/s1. The number of carbonyl (C=O) groups is 4. The van der Waals surface area contributed by atoms with Crippen molar-refractivity contribution >= 4 is 46.7 Å². The van der Waals surface area contributed by atoms with Gasteiger partial charge in [0.25, 0.3) is 0 Å². The smallest absolute Gasteiger partial charge is 0.316 e. The Morgan fingerprint density at radius 2 is 1.59 bits per heavy atom. The third-order valence-electron chi connectivity index (χ3n) is 7.82. The van der Waals surface area contributed by atoms with Gasteiger partial charge in [-0.15, -0.1) is 0 Å². The van der Waals surface area contributed by atoms with Gasteiger partial charge in [0.2, 0.25) is 17.7 Å². The lowest BCUT2D eigenvalue weighted by atomic mass is 9.81. The lowest BCUT2D eigenvalue weighted by molar-refractivity contribution is -0.139. The molecule has 0 aromatic heterocycles. The van der Waals surface area contributed by atoms with E-state index >= 15 is 0 Å². The molecule has 2 aromatic carbocycles. The minimum absolute atomic E-state index is 0.0608. The fraction of sp³-hybridized carbons (Fsp3) is 0.385. The van der Waals surface area contributed by atoms with Gasteiger partial charge in [0.05, 0.1) is 23.4 Å². The molecule has 2 aliphatic heterocycles. The summed E-state index contributed by atoms with van der Waals surface area (Å²) in [7, 11) is 0. The first kappa shape index (κ1) is 21.4. The topological polar surface area (TPSA) is 84.0 Å². The summed E-state index contributed by atoms with van der Waals surface area (Å²) >= 11 is 6.02. The molecular formula is C26H23ClN2O5. The fourth-order valence-corrected chi connectivity index (χ4v) is 6.47. The number of imide groups is 1. The number of nitrogens with zero attached hydrogens (tertiary/aromatic N) is 2. The van der Waals surface area contributed by atoms with Gasteiger partial charge in [-0.3, -0.25) is 24.1 Å². The maximum absolute atomic E-state index is 13.0.